The van der Waals surface area contributed by atoms with Gasteiger partial charge in [0.15, 0.2) is 6.29 Å². The standard InChI is InChI=1S/C67H131NO8/c1-3-5-7-9-11-13-15-17-19-21-23-25-27-28-29-30-31-32-33-34-35-37-39-41-43-45-47-49-51-53-55-57-63(71)68-60(59-75-67-66(74)65(73)64(72)62(58-69)76-67)61(70)56-54-52-50-48-46-44-42-40-38-36-26-24-22-20-18-16-14-12-10-8-6-4-2/h21,23,60-62,64-67,69-70,72-74H,3-20,22,24-59H2,1-2H3,(H,68,71)/b23-21-. The van der Waals surface area contributed by atoms with Crippen LogP contribution in [0.5, 0.6) is 0 Å². The van der Waals surface area contributed by atoms with Crippen molar-refractivity contribution in [3.63, 3.8) is 0 Å². The topological polar surface area (TPSA) is 149 Å². The van der Waals surface area contributed by atoms with E-state index in [1.54, 1.807) is 0 Å². The average molecular weight is 1080 g/mol. The van der Waals surface area contributed by atoms with Gasteiger partial charge >= 0.3 is 0 Å². The van der Waals surface area contributed by atoms with Crippen molar-refractivity contribution in [2.24, 2.45) is 0 Å². The maximum atomic E-state index is 13.1. The van der Waals surface area contributed by atoms with Gasteiger partial charge in [-0.25, -0.2) is 0 Å². The third-order valence-electron chi connectivity index (χ3n) is 16.6. The first-order valence-electron chi connectivity index (χ1n) is 33.9. The minimum atomic E-state index is -1.55. The van der Waals surface area contributed by atoms with Crippen LogP contribution in [0.2, 0.25) is 0 Å². The Morgan fingerprint density at radius 3 is 1.07 bits per heavy atom. The molecule has 1 fully saturated rings. The van der Waals surface area contributed by atoms with Crippen LogP contribution in [0, 0.1) is 0 Å². The molecule has 0 bridgehead atoms. The van der Waals surface area contributed by atoms with E-state index in [1.165, 1.54) is 289 Å². The molecule has 9 nitrogen and oxygen atoms in total. The summed E-state index contributed by atoms with van der Waals surface area (Å²) in [6.07, 6.45) is 65.6. The average Bonchev–Trinajstić information content (AvgIpc) is 3.42. The molecule has 0 aliphatic carbocycles. The number of aliphatic hydroxyl groups excluding tert-OH is 5. The minimum Gasteiger partial charge on any atom is -0.394 e. The molecule has 1 amide bonds. The number of allylic oxidation sites excluding steroid dienone is 2. The second kappa shape index (κ2) is 57.2. The lowest BCUT2D eigenvalue weighted by atomic mass is 9.99. The summed E-state index contributed by atoms with van der Waals surface area (Å²) in [6.45, 7) is 3.90. The predicted molar refractivity (Wildman–Crippen MR) is 323 cm³/mol. The molecule has 1 rings (SSSR count). The van der Waals surface area contributed by atoms with Gasteiger partial charge < -0.3 is 40.3 Å². The summed E-state index contributed by atoms with van der Waals surface area (Å²) in [4.78, 5) is 13.1. The molecule has 0 aromatic rings. The van der Waals surface area contributed by atoms with E-state index in [0.717, 1.165) is 38.5 Å². The van der Waals surface area contributed by atoms with Crippen LogP contribution in [0.25, 0.3) is 0 Å². The van der Waals surface area contributed by atoms with E-state index < -0.39 is 49.5 Å². The highest BCUT2D eigenvalue weighted by molar-refractivity contribution is 5.76. The molecule has 0 radical (unpaired) electrons. The van der Waals surface area contributed by atoms with Gasteiger partial charge in [-0.3, -0.25) is 4.79 Å². The quantitative estimate of drug-likeness (QED) is 0.0261. The van der Waals surface area contributed by atoms with Crippen LogP contribution in [0.1, 0.15) is 354 Å². The van der Waals surface area contributed by atoms with Crippen LogP contribution in [-0.2, 0) is 14.3 Å². The molecule has 1 saturated heterocycles. The number of aliphatic hydroxyl groups is 5. The third kappa shape index (κ3) is 45.6. The van der Waals surface area contributed by atoms with Gasteiger partial charge in [-0.1, -0.05) is 321 Å². The Morgan fingerprint density at radius 2 is 0.737 bits per heavy atom. The summed E-state index contributed by atoms with van der Waals surface area (Å²) < 4.78 is 11.4. The molecule has 6 N–H and O–H groups in total. The molecule has 0 saturated carbocycles. The number of nitrogens with one attached hydrogen (secondary N) is 1. The Bertz CT molecular complexity index is 1200. The van der Waals surface area contributed by atoms with Crippen LogP contribution in [0.3, 0.4) is 0 Å². The molecule has 9 heteroatoms. The molecular formula is C67H131NO8. The molecule has 1 aliphatic rings. The summed E-state index contributed by atoms with van der Waals surface area (Å²) in [5.74, 6) is -0.135. The van der Waals surface area contributed by atoms with Crippen molar-refractivity contribution < 1.29 is 39.8 Å². The van der Waals surface area contributed by atoms with E-state index in [2.05, 4.69) is 31.3 Å². The predicted octanol–water partition coefficient (Wildman–Crippen LogP) is 17.9. The fourth-order valence-corrected chi connectivity index (χ4v) is 11.3. The zero-order valence-corrected chi connectivity index (χ0v) is 50.5. The lowest BCUT2D eigenvalue weighted by molar-refractivity contribution is -0.302. The van der Waals surface area contributed by atoms with Crippen LogP contribution in [0.4, 0.5) is 0 Å². The van der Waals surface area contributed by atoms with Crippen molar-refractivity contribution in [3.05, 3.63) is 12.2 Å². The molecule has 7 unspecified atom stereocenters. The normalized spacial score (nSPS) is 18.8. The Kier molecular flexibility index (Phi) is 54.9. The van der Waals surface area contributed by atoms with E-state index in [0.29, 0.717) is 12.8 Å². The maximum absolute atomic E-state index is 13.1. The number of hydrogen-bond acceptors (Lipinski definition) is 8. The van der Waals surface area contributed by atoms with Gasteiger partial charge in [0.2, 0.25) is 5.91 Å². The van der Waals surface area contributed by atoms with E-state index >= 15 is 0 Å². The monoisotopic (exact) mass is 1080 g/mol. The highest BCUT2D eigenvalue weighted by atomic mass is 16.7. The maximum Gasteiger partial charge on any atom is 0.220 e. The van der Waals surface area contributed by atoms with Gasteiger partial charge in [-0.2, -0.15) is 0 Å². The summed E-state index contributed by atoms with van der Waals surface area (Å²) in [7, 11) is 0. The van der Waals surface area contributed by atoms with Crippen molar-refractivity contribution in [1.29, 1.82) is 0 Å². The van der Waals surface area contributed by atoms with E-state index in [-0.39, 0.29) is 12.5 Å². The lowest BCUT2D eigenvalue weighted by Gasteiger charge is -2.40. The minimum absolute atomic E-state index is 0.132. The van der Waals surface area contributed by atoms with E-state index in [1.807, 2.05) is 0 Å². The largest absolute Gasteiger partial charge is 0.394 e. The number of carbonyl (C=O) groups excluding carboxylic acids is 1. The van der Waals surface area contributed by atoms with Crippen molar-refractivity contribution in [2.75, 3.05) is 13.2 Å². The number of amides is 1. The summed E-state index contributed by atoms with van der Waals surface area (Å²) in [5, 5.41) is 54.9. The summed E-state index contributed by atoms with van der Waals surface area (Å²) >= 11 is 0. The zero-order chi connectivity index (χ0) is 55.0. The van der Waals surface area contributed by atoms with Crippen molar-refractivity contribution >= 4 is 5.91 Å². The van der Waals surface area contributed by atoms with Crippen molar-refractivity contribution in [2.45, 2.75) is 397 Å². The molecule has 0 aromatic carbocycles. The number of carbonyl (C=O) groups is 1. The van der Waals surface area contributed by atoms with Crippen LogP contribution in [0.15, 0.2) is 12.2 Å². The SMILES string of the molecule is CCCCCCCCCC/C=C\CCCCCCCCCCCCCCCCCCCCCC(=O)NC(COC1OC(CO)C(O)C(O)C1O)C(O)CCCCCCCCCCCCCCCCCCCCCCCC. The van der Waals surface area contributed by atoms with Crippen LogP contribution >= 0.6 is 0 Å². The Balaban J connectivity index is 2.10. The first-order valence-corrected chi connectivity index (χ1v) is 33.9. The van der Waals surface area contributed by atoms with Gasteiger partial charge in [0.05, 0.1) is 25.4 Å². The number of hydrogen-bond donors (Lipinski definition) is 6. The lowest BCUT2D eigenvalue weighted by Crippen LogP contribution is -2.60. The van der Waals surface area contributed by atoms with Gasteiger partial charge in [0.25, 0.3) is 0 Å². The molecule has 1 aliphatic heterocycles. The Labute approximate surface area is 471 Å². The molecule has 76 heavy (non-hydrogen) atoms. The zero-order valence-electron chi connectivity index (χ0n) is 50.5. The molecule has 7 atom stereocenters. The van der Waals surface area contributed by atoms with Crippen molar-refractivity contribution in [1.82, 2.24) is 5.32 Å². The number of rotatable bonds is 60. The van der Waals surface area contributed by atoms with E-state index in [4.69, 9.17) is 9.47 Å². The highest BCUT2D eigenvalue weighted by Crippen LogP contribution is 2.24. The van der Waals surface area contributed by atoms with Gasteiger partial charge in [-0.15, -0.1) is 0 Å². The Hall–Kier alpha value is -1.07. The first kappa shape index (κ1) is 72.9. The second-order valence-electron chi connectivity index (χ2n) is 24.0. The molecule has 0 spiro atoms. The van der Waals surface area contributed by atoms with Crippen LogP contribution < -0.4 is 5.32 Å². The third-order valence-corrected chi connectivity index (χ3v) is 16.6. The number of ether oxygens (including phenoxy) is 2. The molecular weight excluding hydrogens is 947 g/mol. The van der Waals surface area contributed by atoms with E-state index in [9.17, 15) is 30.3 Å². The van der Waals surface area contributed by atoms with Gasteiger partial charge in [0, 0.05) is 6.42 Å². The highest BCUT2D eigenvalue weighted by Gasteiger charge is 2.44. The first-order chi connectivity index (χ1) is 37.3. The summed E-state index contributed by atoms with van der Waals surface area (Å²) in [5.41, 5.74) is 0. The fourth-order valence-electron chi connectivity index (χ4n) is 11.3. The van der Waals surface area contributed by atoms with Gasteiger partial charge in [0.1, 0.15) is 24.4 Å². The molecule has 0 aromatic heterocycles. The molecule has 452 valence electrons. The smallest absolute Gasteiger partial charge is 0.220 e. The Morgan fingerprint density at radius 1 is 0.434 bits per heavy atom. The summed E-state index contributed by atoms with van der Waals surface area (Å²) in [6, 6.07) is -0.716. The van der Waals surface area contributed by atoms with Crippen molar-refractivity contribution in [3.8, 4) is 0 Å². The van der Waals surface area contributed by atoms with Crippen LogP contribution in [-0.4, -0.2) is 87.5 Å². The second-order valence-corrected chi connectivity index (χ2v) is 24.0. The number of unbranched alkanes of at least 4 members (excludes halogenated alkanes) is 48. The van der Waals surface area contributed by atoms with Gasteiger partial charge in [-0.05, 0) is 38.5 Å². The fraction of sp³-hybridized carbons (Fsp3) is 0.955. The molecule has 1 heterocycles.